The zero-order valence-corrected chi connectivity index (χ0v) is 8.01. The summed E-state index contributed by atoms with van der Waals surface area (Å²) in [4.78, 5) is 0. The second-order valence-corrected chi connectivity index (χ2v) is 2.91. The predicted octanol–water partition coefficient (Wildman–Crippen LogP) is 2.20. The molecule has 0 atom stereocenters. The van der Waals surface area contributed by atoms with Crippen molar-refractivity contribution in [3.05, 3.63) is 11.5 Å². The topological polar surface area (TPSA) is 18.5 Å². The summed E-state index contributed by atoms with van der Waals surface area (Å²) in [7, 11) is -0.0671. The highest BCUT2D eigenvalue weighted by Gasteiger charge is 2.24. The SMILES string of the molecule is CCOB(OCC)C1=CCCC1. The van der Waals surface area contributed by atoms with Gasteiger partial charge >= 0.3 is 7.12 Å². The lowest BCUT2D eigenvalue weighted by Gasteiger charge is -2.12. The van der Waals surface area contributed by atoms with E-state index in [0.717, 1.165) is 19.6 Å². The van der Waals surface area contributed by atoms with E-state index in [1.54, 1.807) is 0 Å². The number of allylic oxidation sites excluding steroid dienone is 2. The number of hydrogen-bond acceptors (Lipinski definition) is 2. The van der Waals surface area contributed by atoms with Crippen LogP contribution in [0, 0.1) is 0 Å². The van der Waals surface area contributed by atoms with Gasteiger partial charge in [-0.25, -0.2) is 0 Å². The first-order valence-electron chi connectivity index (χ1n) is 4.80. The van der Waals surface area contributed by atoms with Gasteiger partial charge in [-0.2, -0.15) is 0 Å². The summed E-state index contributed by atoms with van der Waals surface area (Å²) in [5, 5.41) is 0. The normalized spacial score (nSPS) is 16.3. The van der Waals surface area contributed by atoms with Crippen LogP contribution in [0.2, 0.25) is 0 Å². The maximum absolute atomic E-state index is 5.48. The number of hydrogen-bond donors (Lipinski definition) is 0. The van der Waals surface area contributed by atoms with Crippen molar-refractivity contribution >= 4 is 7.12 Å². The maximum atomic E-state index is 5.48. The summed E-state index contributed by atoms with van der Waals surface area (Å²) in [6.45, 7) is 5.45. The van der Waals surface area contributed by atoms with Crippen molar-refractivity contribution in [1.82, 2.24) is 0 Å². The Labute approximate surface area is 75.1 Å². The van der Waals surface area contributed by atoms with Gasteiger partial charge in [0.1, 0.15) is 0 Å². The molecule has 0 aromatic carbocycles. The molecule has 2 nitrogen and oxygen atoms in total. The van der Waals surface area contributed by atoms with Gasteiger partial charge in [-0.1, -0.05) is 6.08 Å². The molecule has 12 heavy (non-hydrogen) atoms. The second kappa shape index (κ2) is 5.38. The Morgan fingerprint density at radius 1 is 1.33 bits per heavy atom. The van der Waals surface area contributed by atoms with Gasteiger partial charge in [-0.05, 0) is 38.6 Å². The zero-order valence-electron chi connectivity index (χ0n) is 8.01. The monoisotopic (exact) mass is 168 g/mol. The third kappa shape index (κ3) is 2.65. The maximum Gasteiger partial charge on any atom is 0.489 e. The third-order valence-electron chi connectivity index (χ3n) is 2.01. The lowest BCUT2D eigenvalue weighted by atomic mass is 9.77. The van der Waals surface area contributed by atoms with Crippen LogP contribution < -0.4 is 0 Å². The molecule has 1 aliphatic carbocycles. The summed E-state index contributed by atoms with van der Waals surface area (Å²) in [6.07, 6.45) is 5.83. The minimum Gasteiger partial charge on any atom is -0.408 e. The fraction of sp³-hybridized carbons (Fsp3) is 0.778. The largest absolute Gasteiger partial charge is 0.489 e. The standard InChI is InChI=1S/C9H17BO2/c1-3-11-10(12-4-2)9-7-5-6-8-9/h7H,3-6,8H2,1-2H3. The highest BCUT2D eigenvalue weighted by molar-refractivity contribution is 6.53. The minimum absolute atomic E-state index is 0.0671. The summed E-state index contributed by atoms with van der Waals surface area (Å²) in [5.41, 5.74) is 1.33. The lowest BCUT2D eigenvalue weighted by molar-refractivity contribution is 0.220. The smallest absolute Gasteiger partial charge is 0.408 e. The van der Waals surface area contributed by atoms with Crippen molar-refractivity contribution in [1.29, 1.82) is 0 Å². The minimum atomic E-state index is -0.0671. The van der Waals surface area contributed by atoms with Crippen molar-refractivity contribution in [3.63, 3.8) is 0 Å². The van der Waals surface area contributed by atoms with Crippen molar-refractivity contribution < 1.29 is 9.31 Å². The molecule has 1 rings (SSSR count). The molecule has 0 aromatic heterocycles. The van der Waals surface area contributed by atoms with Crippen molar-refractivity contribution in [2.45, 2.75) is 33.1 Å². The molecule has 0 amide bonds. The Kier molecular flexibility index (Phi) is 4.40. The molecule has 1 aliphatic rings. The van der Waals surface area contributed by atoms with Crippen LogP contribution in [-0.2, 0) is 9.31 Å². The van der Waals surface area contributed by atoms with Crippen molar-refractivity contribution in [2.75, 3.05) is 13.2 Å². The average molecular weight is 168 g/mol. The van der Waals surface area contributed by atoms with Gasteiger partial charge in [0.15, 0.2) is 0 Å². The van der Waals surface area contributed by atoms with E-state index in [1.165, 1.54) is 18.3 Å². The molecule has 0 heterocycles. The van der Waals surface area contributed by atoms with E-state index in [-0.39, 0.29) is 7.12 Å². The van der Waals surface area contributed by atoms with Crippen molar-refractivity contribution in [2.24, 2.45) is 0 Å². The van der Waals surface area contributed by atoms with E-state index in [0.29, 0.717) is 0 Å². The fourth-order valence-electron chi connectivity index (χ4n) is 1.47. The molecule has 68 valence electrons. The molecule has 0 unspecified atom stereocenters. The highest BCUT2D eigenvalue weighted by atomic mass is 16.6. The van der Waals surface area contributed by atoms with Gasteiger partial charge in [0, 0.05) is 13.2 Å². The Morgan fingerprint density at radius 2 is 2.00 bits per heavy atom. The van der Waals surface area contributed by atoms with Crippen LogP contribution in [0.5, 0.6) is 0 Å². The Balaban J connectivity index is 2.40. The Morgan fingerprint density at radius 3 is 2.42 bits per heavy atom. The summed E-state index contributed by atoms with van der Waals surface area (Å²) >= 11 is 0. The highest BCUT2D eigenvalue weighted by Crippen LogP contribution is 2.20. The molecule has 0 fully saturated rings. The average Bonchev–Trinajstić information content (AvgIpc) is 2.56. The first-order chi connectivity index (χ1) is 5.88. The van der Waals surface area contributed by atoms with E-state index in [1.807, 2.05) is 13.8 Å². The molecule has 0 aromatic rings. The van der Waals surface area contributed by atoms with E-state index in [2.05, 4.69) is 6.08 Å². The fourth-order valence-corrected chi connectivity index (χ4v) is 1.47. The third-order valence-corrected chi connectivity index (χ3v) is 2.01. The molecule has 0 radical (unpaired) electrons. The molecular weight excluding hydrogens is 151 g/mol. The van der Waals surface area contributed by atoms with E-state index in [4.69, 9.17) is 9.31 Å². The zero-order chi connectivity index (χ0) is 8.81. The van der Waals surface area contributed by atoms with Gasteiger partial charge in [0.2, 0.25) is 0 Å². The quantitative estimate of drug-likeness (QED) is 0.585. The molecule has 0 aliphatic heterocycles. The molecule has 0 saturated heterocycles. The molecule has 0 bridgehead atoms. The van der Waals surface area contributed by atoms with Crippen LogP contribution in [-0.4, -0.2) is 20.3 Å². The first-order valence-corrected chi connectivity index (χ1v) is 4.80. The van der Waals surface area contributed by atoms with E-state index >= 15 is 0 Å². The molecule has 0 N–H and O–H groups in total. The van der Waals surface area contributed by atoms with Gasteiger partial charge in [0.05, 0.1) is 0 Å². The van der Waals surface area contributed by atoms with Gasteiger partial charge in [-0.15, -0.1) is 0 Å². The molecule has 3 heteroatoms. The van der Waals surface area contributed by atoms with Crippen LogP contribution >= 0.6 is 0 Å². The second-order valence-electron chi connectivity index (χ2n) is 2.91. The van der Waals surface area contributed by atoms with Gasteiger partial charge in [-0.3, -0.25) is 0 Å². The molecule has 0 spiro atoms. The number of rotatable bonds is 5. The van der Waals surface area contributed by atoms with Crippen LogP contribution in [0.3, 0.4) is 0 Å². The Bertz CT molecular complexity index is 151. The van der Waals surface area contributed by atoms with E-state index < -0.39 is 0 Å². The van der Waals surface area contributed by atoms with Crippen LogP contribution in [0.4, 0.5) is 0 Å². The molecular formula is C9H17BO2. The van der Waals surface area contributed by atoms with Crippen LogP contribution in [0.15, 0.2) is 11.5 Å². The molecule has 0 saturated carbocycles. The van der Waals surface area contributed by atoms with Crippen LogP contribution in [0.1, 0.15) is 33.1 Å². The van der Waals surface area contributed by atoms with Crippen molar-refractivity contribution in [3.8, 4) is 0 Å². The van der Waals surface area contributed by atoms with Gasteiger partial charge < -0.3 is 9.31 Å². The summed E-state index contributed by atoms with van der Waals surface area (Å²) in [6, 6.07) is 0. The Hall–Kier alpha value is -0.275. The lowest BCUT2D eigenvalue weighted by Crippen LogP contribution is -2.25. The predicted molar refractivity (Wildman–Crippen MR) is 50.9 cm³/mol. The van der Waals surface area contributed by atoms with E-state index in [9.17, 15) is 0 Å². The first kappa shape index (κ1) is 9.81. The summed E-state index contributed by atoms with van der Waals surface area (Å²) in [5.74, 6) is 0. The van der Waals surface area contributed by atoms with Crippen LogP contribution in [0.25, 0.3) is 0 Å². The summed E-state index contributed by atoms with van der Waals surface area (Å²) < 4.78 is 11.0. The van der Waals surface area contributed by atoms with Gasteiger partial charge in [0.25, 0.3) is 0 Å².